The summed E-state index contributed by atoms with van der Waals surface area (Å²) in [7, 11) is 0. The average molecular weight is 380 g/mol. The second-order valence-electron chi connectivity index (χ2n) is 3.37. The molecule has 0 aliphatic rings. The van der Waals surface area contributed by atoms with Gasteiger partial charge in [0.2, 0.25) is 0 Å². The molecule has 0 saturated heterocycles. The molecule has 0 spiro atoms. The Bertz CT molecular complexity index is 424. The molecule has 2 aromatic rings. The van der Waals surface area contributed by atoms with Crippen molar-refractivity contribution in [2.75, 3.05) is 5.83 Å². The van der Waals surface area contributed by atoms with Gasteiger partial charge in [0, 0.05) is 6.21 Å². The Hall–Kier alpha value is -1.41. The zero-order chi connectivity index (χ0) is 18.3. The maximum atomic E-state index is 4.39. The molecule has 0 aromatic heterocycles. The Morgan fingerprint density at radius 2 is 1.09 bits per heavy atom. The molecule has 23 heavy (non-hydrogen) atoms. The third-order valence-electron chi connectivity index (χ3n) is 2.16. The van der Waals surface area contributed by atoms with Gasteiger partial charge in [0.1, 0.15) is 0 Å². The molecule has 0 saturated carbocycles. The van der Waals surface area contributed by atoms with Gasteiger partial charge in [0.25, 0.3) is 0 Å². The van der Waals surface area contributed by atoms with Crippen LogP contribution in [0.5, 0.6) is 0 Å². The highest BCUT2D eigenvalue weighted by molar-refractivity contribution is 9.08. The van der Waals surface area contributed by atoms with Gasteiger partial charge in [-0.05, 0) is 17.0 Å². The lowest BCUT2D eigenvalue weighted by atomic mass is 10.2. The van der Waals surface area contributed by atoms with Gasteiger partial charge in [0.15, 0.2) is 0 Å². The molecule has 0 aliphatic heterocycles. The second-order valence-corrected chi connectivity index (χ2v) is 3.37. The summed E-state index contributed by atoms with van der Waals surface area (Å²) in [6.07, 6.45) is 1.91. The Labute approximate surface area is 153 Å². The molecule has 1 nitrogen and oxygen atoms in total. The Morgan fingerprint density at radius 1 is 0.696 bits per heavy atom. The quantitative estimate of drug-likeness (QED) is 0.389. The van der Waals surface area contributed by atoms with Crippen molar-refractivity contribution in [1.29, 1.82) is 0 Å². The lowest BCUT2D eigenvalue weighted by molar-refractivity contribution is 1.08. The van der Waals surface area contributed by atoms with Crippen molar-refractivity contribution in [3.8, 4) is 0 Å². The summed E-state index contributed by atoms with van der Waals surface area (Å²) in [4.78, 5) is 4.39. The first-order chi connectivity index (χ1) is 11.4. The van der Waals surface area contributed by atoms with E-state index in [4.69, 9.17) is 0 Å². The van der Waals surface area contributed by atoms with Crippen LogP contribution in [0.15, 0.2) is 65.7 Å². The monoisotopic (exact) mass is 379 g/mol. The van der Waals surface area contributed by atoms with Crippen molar-refractivity contribution < 1.29 is 0 Å². The molecule has 2 aromatic carbocycles. The molecule has 0 atom stereocenters. The largest absolute Gasteiger partial charge is 0.288 e. The van der Waals surface area contributed by atoms with Crippen LogP contribution >= 0.6 is 15.9 Å². The topological polar surface area (TPSA) is 12.4 Å². The van der Waals surface area contributed by atoms with Crippen LogP contribution in [-0.2, 0) is 6.54 Å². The van der Waals surface area contributed by atoms with E-state index in [9.17, 15) is 0 Å². The standard InChI is InChI=1S/C14H13N.3C2H6.CH3Br/c1-3-7-13(8-4-1)11-15-12-14-9-5-2-6-10-14;4*1-2/h1-11H,12H2;3*1-2H3;1H3. The van der Waals surface area contributed by atoms with Gasteiger partial charge in [-0.2, -0.15) is 0 Å². The van der Waals surface area contributed by atoms with E-state index < -0.39 is 0 Å². The van der Waals surface area contributed by atoms with Crippen LogP contribution in [-0.4, -0.2) is 12.0 Å². The highest BCUT2D eigenvalue weighted by Crippen LogP contribution is 2.00. The number of rotatable bonds is 3. The van der Waals surface area contributed by atoms with Gasteiger partial charge in [-0.15, -0.1) is 0 Å². The molecule has 0 amide bonds. The number of aliphatic imine (C=N–C) groups is 1. The minimum atomic E-state index is 0.746. The number of benzene rings is 2. The summed E-state index contributed by atoms with van der Waals surface area (Å²) in [5.74, 6) is 1.81. The average Bonchev–Trinajstić information content (AvgIpc) is 2.70. The lowest BCUT2D eigenvalue weighted by Gasteiger charge is -1.94. The first kappa shape index (κ1) is 26.5. The van der Waals surface area contributed by atoms with Gasteiger partial charge in [0.05, 0.1) is 6.54 Å². The lowest BCUT2D eigenvalue weighted by Crippen LogP contribution is -1.83. The molecule has 0 fully saturated rings. The molecule has 0 heterocycles. The summed E-state index contributed by atoms with van der Waals surface area (Å²) in [5, 5.41) is 0. The number of alkyl halides is 1. The van der Waals surface area contributed by atoms with E-state index in [1.54, 1.807) is 0 Å². The number of hydrogen-bond donors (Lipinski definition) is 0. The van der Waals surface area contributed by atoms with E-state index in [1.165, 1.54) is 5.56 Å². The Balaban J connectivity index is -0.000000438. The van der Waals surface area contributed by atoms with Crippen LogP contribution < -0.4 is 0 Å². The fourth-order valence-electron chi connectivity index (χ4n) is 1.38. The van der Waals surface area contributed by atoms with Crippen LogP contribution in [0, 0.1) is 0 Å². The van der Waals surface area contributed by atoms with Crippen molar-refractivity contribution in [2.45, 2.75) is 48.1 Å². The fraction of sp³-hybridized carbons (Fsp3) is 0.381. The molecule has 0 aliphatic carbocycles. The predicted octanol–water partition coefficient (Wildman–Crippen LogP) is 7.40. The molecule has 2 rings (SSSR count). The fourth-order valence-corrected chi connectivity index (χ4v) is 1.38. The van der Waals surface area contributed by atoms with E-state index in [0.29, 0.717) is 0 Å². The SMILES string of the molecule is C(=NCc1ccccc1)c1ccccc1.CBr.CC.CC.CC. The van der Waals surface area contributed by atoms with Crippen LogP contribution in [0.1, 0.15) is 52.7 Å². The van der Waals surface area contributed by atoms with Gasteiger partial charge in [-0.3, -0.25) is 4.99 Å². The van der Waals surface area contributed by atoms with E-state index in [-0.39, 0.29) is 0 Å². The molecule has 130 valence electrons. The summed E-state index contributed by atoms with van der Waals surface area (Å²) in [6.45, 7) is 12.7. The molecule has 0 N–H and O–H groups in total. The zero-order valence-electron chi connectivity index (χ0n) is 15.9. The predicted molar refractivity (Wildman–Crippen MR) is 113 cm³/mol. The number of nitrogens with zero attached hydrogens (tertiary/aromatic N) is 1. The zero-order valence-corrected chi connectivity index (χ0v) is 17.5. The van der Waals surface area contributed by atoms with E-state index in [1.807, 2.05) is 90.0 Å². The third-order valence-corrected chi connectivity index (χ3v) is 2.16. The molecule has 0 bridgehead atoms. The molecular formula is C21H34BrN. The molecule has 2 heteroatoms. The normalized spacial score (nSPS) is 8.00. The van der Waals surface area contributed by atoms with E-state index >= 15 is 0 Å². The first-order valence-corrected chi connectivity index (χ1v) is 10.0. The highest BCUT2D eigenvalue weighted by Gasteiger charge is 1.87. The maximum Gasteiger partial charge on any atom is 0.0639 e. The highest BCUT2D eigenvalue weighted by atomic mass is 79.9. The van der Waals surface area contributed by atoms with Crippen LogP contribution in [0.2, 0.25) is 0 Å². The van der Waals surface area contributed by atoms with E-state index in [0.717, 1.165) is 12.1 Å². The van der Waals surface area contributed by atoms with Crippen molar-refractivity contribution >= 4 is 22.1 Å². The van der Waals surface area contributed by atoms with Gasteiger partial charge < -0.3 is 0 Å². The molecular weight excluding hydrogens is 346 g/mol. The number of hydrogen-bond acceptors (Lipinski definition) is 1. The summed E-state index contributed by atoms with van der Waals surface area (Å²) < 4.78 is 0. The Kier molecular flexibility index (Phi) is 29.4. The van der Waals surface area contributed by atoms with Crippen molar-refractivity contribution in [3.05, 3.63) is 71.8 Å². The summed E-state index contributed by atoms with van der Waals surface area (Å²) in [5.41, 5.74) is 2.39. The van der Waals surface area contributed by atoms with Crippen LogP contribution in [0.3, 0.4) is 0 Å². The molecule has 0 radical (unpaired) electrons. The van der Waals surface area contributed by atoms with Crippen molar-refractivity contribution in [3.63, 3.8) is 0 Å². The third kappa shape index (κ3) is 16.8. The maximum absolute atomic E-state index is 4.39. The van der Waals surface area contributed by atoms with Gasteiger partial charge in [-0.1, -0.05) is 118 Å². The summed E-state index contributed by atoms with van der Waals surface area (Å²) >= 11 is 2.94. The summed E-state index contributed by atoms with van der Waals surface area (Å²) in [6, 6.07) is 20.4. The Morgan fingerprint density at radius 3 is 1.52 bits per heavy atom. The minimum absolute atomic E-state index is 0.746. The number of halogens is 1. The van der Waals surface area contributed by atoms with Crippen molar-refractivity contribution in [2.24, 2.45) is 4.99 Å². The smallest absolute Gasteiger partial charge is 0.0639 e. The minimum Gasteiger partial charge on any atom is -0.288 e. The second kappa shape index (κ2) is 25.5. The van der Waals surface area contributed by atoms with Gasteiger partial charge in [-0.25, -0.2) is 0 Å². The molecule has 0 unspecified atom stereocenters. The first-order valence-electron chi connectivity index (χ1n) is 8.42. The van der Waals surface area contributed by atoms with Crippen LogP contribution in [0.4, 0.5) is 0 Å². The van der Waals surface area contributed by atoms with Gasteiger partial charge >= 0.3 is 0 Å². The van der Waals surface area contributed by atoms with Crippen molar-refractivity contribution in [1.82, 2.24) is 0 Å². The van der Waals surface area contributed by atoms with E-state index in [2.05, 4.69) is 45.2 Å². The van der Waals surface area contributed by atoms with Crippen LogP contribution in [0.25, 0.3) is 0 Å².